The number of carbonyl (C=O) groups excluding carboxylic acids is 2. The molecule has 3 aromatic heterocycles. The zero-order valence-corrected chi connectivity index (χ0v) is 21.7. The zero-order chi connectivity index (χ0) is 29.6. The summed E-state index contributed by atoms with van der Waals surface area (Å²) >= 11 is 0. The van der Waals surface area contributed by atoms with E-state index in [9.17, 15) is 33.0 Å². The summed E-state index contributed by atoms with van der Waals surface area (Å²) in [6.45, 7) is 0.969. The van der Waals surface area contributed by atoms with Gasteiger partial charge in [0.05, 0.1) is 29.1 Å². The second kappa shape index (κ2) is 10.5. The van der Waals surface area contributed by atoms with Crippen LogP contribution in [-0.2, 0) is 10.9 Å². The van der Waals surface area contributed by atoms with Crippen molar-refractivity contribution in [2.24, 2.45) is 0 Å². The Morgan fingerprint density at radius 3 is 2.50 bits per heavy atom. The lowest BCUT2D eigenvalue weighted by atomic mass is 9.92. The maximum atomic E-state index is 13.3. The van der Waals surface area contributed by atoms with E-state index in [1.165, 1.54) is 51.0 Å². The number of imidazole rings is 1. The van der Waals surface area contributed by atoms with Crippen LogP contribution in [0.25, 0.3) is 16.9 Å². The molecule has 0 spiro atoms. The molecule has 1 aliphatic carbocycles. The van der Waals surface area contributed by atoms with Crippen molar-refractivity contribution in [1.82, 2.24) is 29.3 Å². The summed E-state index contributed by atoms with van der Waals surface area (Å²) in [5, 5.41) is 23.0. The first-order valence-electron chi connectivity index (χ1n) is 12.9. The smallest absolute Gasteiger partial charge is 0.437 e. The average Bonchev–Trinajstić information content (AvgIpc) is 3.60. The van der Waals surface area contributed by atoms with Crippen LogP contribution in [0.2, 0.25) is 0 Å². The van der Waals surface area contributed by atoms with Crippen molar-refractivity contribution in [3.05, 3.63) is 54.3 Å². The number of hydrogen-bond acceptors (Lipinski definition) is 10. The Bertz CT molecular complexity index is 1640. The molecule has 0 bridgehead atoms. The van der Waals surface area contributed by atoms with Crippen molar-refractivity contribution in [3.63, 3.8) is 0 Å². The molecule has 1 saturated carbocycles. The molecule has 1 aromatic carbocycles. The fourth-order valence-corrected chi connectivity index (χ4v) is 4.77. The Balaban J connectivity index is 1.13. The number of aromatic hydroxyl groups is 1. The molecule has 2 amide bonds. The van der Waals surface area contributed by atoms with Crippen molar-refractivity contribution in [3.8, 4) is 28.6 Å². The number of aromatic nitrogens is 4. The number of aliphatic hydroxyl groups is 1. The minimum atomic E-state index is -4.74. The largest absolute Gasteiger partial charge is 0.507 e. The Kier molecular flexibility index (Phi) is 6.84. The number of fused-ring (bicyclic) bond motifs is 1. The lowest BCUT2D eigenvalue weighted by Gasteiger charge is -2.37. The SMILES string of the molecule is O=C(OC1CC(O)C1)N1CCN(C(=O)c2ccc(Oc3nccn4c(-c5conc5C(F)(F)F)cnc34)cc2O)CC1. The third kappa shape index (κ3) is 5.15. The molecular weight excluding hydrogens is 565 g/mol. The minimum absolute atomic E-state index is 0.0169. The zero-order valence-electron chi connectivity index (χ0n) is 21.7. The number of aliphatic hydroxyl groups excluding tert-OH is 1. The second-order valence-corrected chi connectivity index (χ2v) is 9.84. The van der Waals surface area contributed by atoms with E-state index >= 15 is 0 Å². The van der Waals surface area contributed by atoms with E-state index in [1.54, 1.807) is 0 Å². The number of phenolic OH excluding ortho intramolecular Hbond substituents is 1. The second-order valence-electron chi connectivity index (χ2n) is 9.84. The van der Waals surface area contributed by atoms with Crippen LogP contribution >= 0.6 is 0 Å². The number of rotatable bonds is 5. The van der Waals surface area contributed by atoms with Gasteiger partial charge in [-0.05, 0) is 12.1 Å². The Hall–Kier alpha value is -4.86. The van der Waals surface area contributed by atoms with Crippen molar-refractivity contribution in [1.29, 1.82) is 0 Å². The molecular formula is C26H23F3N6O7. The summed E-state index contributed by atoms with van der Waals surface area (Å²) in [5.74, 6) is -0.768. The molecule has 220 valence electrons. The molecule has 1 saturated heterocycles. The average molecular weight is 588 g/mol. The lowest BCUT2D eigenvalue weighted by molar-refractivity contribution is -0.142. The quantitative estimate of drug-likeness (QED) is 0.355. The van der Waals surface area contributed by atoms with Gasteiger partial charge >= 0.3 is 12.3 Å². The van der Waals surface area contributed by atoms with Crippen molar-refractivity contribution in [2.75, 3.05) is 26.2 Å². The van der Waals surface area contributed by atoms with Crippen LogP contribution in [0.5, 0.6) is 17.4 Å². The maximum Gasteiger partial charge on any atom is 0.437 e. The maximum absolute atomic E-state index is 13.3. The van der Waals surface area contributed by atoms with E-state index in [0.29, 0.717) is 12.8 Å². The van der Waals surface area contributed by atoms with E-state index in [0.717, 1.165) is 6.26 Å². The van der Waals surface area contributed by atoms with Gasteiger partial charge in [0.15, 0.2) is 5.69 Å². The van der Waals surface area contributed by atoms with Gasteiger partial charge in [-0.15, -0.1) is 0 Å². The molecule has 0 radical (unpaired) electrons. The van der Waals surface area contributed by atoms with Crippen LogP contribution in [0.3, 0.4) is 0 Å². The molecule has 2 fully saturated rings. The molecule has 2 N–H and O–H groups in total. The van der Waals surface area contributed by atoms with Gasteiger partial charge in [0.25, 0.3) is 11.8 Å². The first kappa shape index (κ1) is 27.3. The van der Waals surface area contributed by atoms with Crippen LogP contribution < -0.4 is 4.74 Å². The fraction of sp³-hybridized carbons (Fsp3) is 0.346. The van der Waals surface area contributed by atoms with Gasteiger partial charge in [-0.2, -0.15) is 13.2 Å². The van der Waals surface area contributed by atoms with Gasteiger partial charge < -0.3 is 34.0 Å². The van der Waals surface area contributed by atoms with Crippen LogP contribution in [0.4, 0.5) is 18.0 Å². The van der Waals surface area contributed by atoms with Gasteiger partial charge in [-0.1, -0.05) is 5.16 Å². The van der Waals surface area contributed by atoms with Crippen LogP contribution in [-0.4, -0.2) is 89.9 Å². The third-order valence-electron chi connectivity index (χ3n) is 7.09. The number of halogens is 3. The first-order chi connectivity index (χ1) is 20.1. The number of benzene rings is 1. The summed E-state index contributed by atoms with van der Waals surface area (Å²) in [7, 11) is 0. The van der Waals surface area contributed by atoms with Crippen LogP contribution in [0.1, 0.15) is 28.9 Å². The van der Waals surface area contributed by atoms with E-state index in [2.05, 4.69) is 19.6 Å². The number of carbonyl (C=O) groups is 2. The molecule has 1 aliphatic heterocycles. The Morgan fingerprint density at radius 1 is 1.07 bits per heavy atom. The Morgan fingerprint density at radius 2 is 1.81 bits per heavy atom. The molecule has 42 heavy (non-hydrogen) atoms. The van der Waals surface area contributed by atoms with E-state index in [-0.39, 0.29) is 72.1 Å². The number of phenols is 1. The highest BCUT2D eigenvalue weighted by molar-refractivity contribution is 5.97. The summed E-state index contributed by atoms with van der Waals surface area (Å²) in [5.41, 5.74) is -1.37. The normalized spacial score (nSPS) is 19.0. The molecule has 13 nitrogen and oxygen atoms in total. The van der Waals surface area contributed by atoms with E-state index in [4.69, 9.17) is 9.47 Å². The van der Waals surface area contributed by atoms with Gasteiger partial charge in [0, 0.05) is 57.5 Å². The number of ether oxygens (including phenoxy) is 2. The molecule has 4 heterocycles. The number of piperazine rings is 1. The predicted molar refractivity (Wildman–Crippen MR) is 135 cm³/mol. The third-order valence-corrected chi connectivity index (χ3v) is 7.09. The van der Waals surface area contributed by atoms with E-state index in [1.807, 2.05) is 0 Å². The topological polar surface area (TPSA) is 156 Å². The van der Waals surface area contributed by atoms with Crippen molar-refractivity contribution >= 4 is 17.6 Å². The number of amides is 2. The van der Waals surface area contributed by atoms with E-state index < -0.39 is 30.0 Å². The number of hydrogen-bond donors (Lipinski definition) is 2. The first-order valence-corrected chi connectivity index (χ1v) is 12.9. The molecule has 6 rings (SSSR count). The lowest BCUT2D eigenvalue weighted by Crippen LogP contribution is -2.52. The van der Waals surface area contributed by atoms with Gasteiger partial charge in [0.1, 0.15) is 23.9 Å². The highest BCUT2D eigenvalue weighted by atomic mass is 19.4. The number of alkyl halides is 3. The number of nitrogens with zero attached hydrogens (tertiary/aromatic N) is 6. The van der Waals surface area contributed by atoms with Gasteiger partial charge in [-0.25, -0.2) is 14.8 Å². The summed E-state index contributed by atoms with van der Waals surface area (Å²) in [6.07, 6.45) is -0.355. The molecule has 0 unspecified atom stereocenters. The molecule has 0 atom stereocenters. The highest BCUT2D eigenvalue weighted by Crippen LogP contribution is 2.37. The minimum Gasteiger partial charge on any atom is -0.507 e. The fourth-order valence-electron chi connectivity index (χ4n) is 4.77. The monoisotopic (exact) mass is 588 g/mol. The van der Waals surface area contributed by atoms with Crippen LogP contribution in [0.15, 0.2) is 47.6 Å². The van der Waals surface area contributed by atoms with Gasteiger partial charge in [-0.3, -0.25) is 9.20 Å². The summed E-state index contributed by atoms with van der Waals surface area (Å²) in [6, 6.07) is 4.02. The van der Waals surface area contributed by atoms with Gasteiger partial charge in [0.2, 0.25) is 5.65 Å². The standard InChI is InChI=1S/C26H23F3N6O7/c27-26(28,29)21-18(13-40-32-21)19-12-31-22-23(30-3-4-35(19)22)41-15-1-2-17(20(37)11-15)24(38)33-5-7-34(8-6-33)25(39)42-16-9-14(36)10-16/h1-4,11-14,16,36-37H,5-10H2. The molecule has 4 aromatic rings. The summed E-state index contributed by atoms with van der Waals surface area (Å²) < 4.78 is 57.0. The summed E-state index contributed by atoms with van der Waals surface area (Å²) in [4.78, 5) is 36.6. The predicted octanol–water partition coefficient (Wildman–Crippen LogP) is 3.32. The van der Waals surface area contributed by atoms with Crippen molar-refractivity contribution in [2.45, 2.75) is 31.2 Å². The van der Waals surface area contributed by atoms with Crippen molar-refractivity contribution < 1.29 is 47.0 Å². The molecule has 16 heteroatoms. The molecule has 2 aliphatic rings. The Labute approximate surface area is 234 Å². The van der Waals surface area contributed by atoms with Crippen LogP contribution in [0, 0.1) is 0 Å². The highest BCUT2D eigenvalue weighted by Gasteiger charge is 2.39.